The van der Waals surface area contributed by atoms with Crippen LogP contribution in [-0.2, 0) is 4.79 Å². The lowest BCUT2D eigenvalue weighted by Crippen LogP contribution is -2.26. The molecular formula is C19H22F2N2O2. The molecule has 0 spiro atoms. The number of amides is 1. The molecule has 0 aromatic heterocycles. The van der Waals surface area contributed by atoms with Gasteiger partial charge >= 0.3 is 0 Å². The molecule has 0 aliphatic carbocycles. The van der Waals surface area contributed by atoms with Crippen LogP contribution in [0.3, 0.4) is 0 Å². The maximum absolute atomic E-state index is 13.5. The van der Waals surface area contributed by atoms with Gasteiger partial charge in [0.2, 0.25) is 5.91 Å². The highest BCUT2D eigenvalue weighted by molar-refractivity contribution is 5.90. The molecule has 25 heavy (non-hydrogen) atoms. The summed E-state index contributed by atoms with van der Waals surface area (Å²) in [5, 5.41) is 12.5. The number of rotatable bonds is 8. The second-order valence-electron chi connectivity index (χ2n) is 5.94. The Bertz CT molecular complexity index is 695. The number of hydrogen-bond donors (Lipinski definition) is 2. The summed E-state index contributed by atoms with van der Waals surface area (Å²) >= 11 is 0. The molecule has 0 aliphatic rings. The zero-order chi connectivity index (χ0) is 18.2. The Morgan fingerprint density at radius 2 is 1.88 bits per heavy atom. The van der Waals surface area contributed by atoms with Crippen molar-refractivity contribution in [1.82, 2.24) is 4.90 Å². The van der Waals surface area contributed by atoms with Crippen LogP contribution in [0.15, 0.2) is 48.5 Å². The molecule has 0 fully saturated rings. The van der Waals surface area contributed by atoms with Crippen molar-refractivity contribution in [3.8, 4) is 0 Å². The molecule has 1 atom stereocenters. The molecule has 0 saturated carbocycles. The van der Waals surface area contributed by atoms with Gasteiger partial charge in [-0.05, 0) is 31.2 Å². The molecule has 1 amide bonds. The second-order valence-corrected chi connectivity index (χ2v) is 5.94. The maximum atomic E-state index is 13.5. The van der Waals surface area contributed by atoms with E-state index in [9.17, 15) is 18.7 Å². The third-order valence-corrected chi connectivity index (χ3v) is 3.89. The number of aliphatic hydroxyl groups is 1. The van der Waals surface area contributed by atoms with E-state index in [-0.39, 0.29) is 18.0 Å². The van der Waals surface area contributed by atoms with Gasteiger partial charge in [-0.1, -0.05) is 30.3 Å². The van der Waals surface area contributed by atoms with E-state index in [0.29, 0.717) is 19.5 Å². The smallest absolute Gasteiger partial charge is 0.225 e. The van der Waals surface area contributed by atoms with E-state index in [0.717, 1.165) is 17.7 Å². The summed E-state index contributed by atoms with van der Waals surface area (Å²) in [6.07, 6.45) is 0.175. The standard InChI is InChI=1S/C19H22F2N2O2/c1-23(11-9-18(24)14-5-3-2-4-6-14)12-10-19(25)22-17-8-7-15(20)13-16(17)21/h2-8,13,18,24H,9-12H2,1H3,(H,22,25)/t18-/m1/s1. The third-order valence-electron chi connectivity index (χ3n) is 3.89. The fraction of sp³-hybridized carbons (Fsp3) is 0.316. The number of hydrogen-bond acceptors (Lipinski definition) is 3. The number of nitrogens with zero attached hydrogens (tertiary/aromatic N) is 1. The summed E-state index contributed by atoms with van der Waals surface area (Å²) in [7, 11) is 1.85. The first kappa shape index (κ1) is 19.0. The summed E-state index contributed by atoms with van der Waals surface area (Å²) in [5.74, 6) is -1.83. The highest BCUT2D eigenvalue weighted by Gasteiger charge is 2.11. The van der Waals surface area contributed by atoms with Crippen molar-refractivity contribution in [2.75, 3.05) is 25.5 Å². The first-order valence-electron chi connectivity index (χ1n) is 8.12. The van der Waals surface area contributed by atoms with Gasteiger partial charge in [0, 0.05) is 25.6 Å². The van der Waals surface area contributed by atoms with Crippen LogP contribution < -0.4 is 5.32 Å². The number of anilines is 1. The van der Waals surface area contributed by atoms with Gasteiger partial charge in [-0.25, -0.2) is 8.78 Å². The number of nitrogens with one attached hydrogen (secondary N) is 1. The molecule has 2 N–H and O–H groups in total. The zero-order valence-corrected chi connectivity index (χ0v) is 14.1. The topological polar surface area (TPSA) is 52.6 Å². The fourth-order valence-corrected chi connectivity index (χ4v) is 2.39. The first-order valence-corrected chi connectivity index (χ1v) is 8.12. The van der Waals surface area contributed by atoms with Gasteiger partial charge < -0.3 is 15.3 Å². The minimum Gasteiger partial charge on any atom is -0.388 e. The minimum absolute atomic E-state index is 0.0337. The summed E-state index contributed by atoms with van der Waals surface area (Å²) < 4.78 is 26.3. The van der Waals surface area contributed by atoms with Gasteiger partial charge in [0.1, 0.15) is 11.6 Å². The summed E-state index contributed by atoms with van der Waals surface area (Å²) in [6.45, 7) is 1.09. The summed E-state index contributed by atoms with van der Waals surface area (Å²) in [5.41, 5.74) is 0.828. The zero-order valence-electron chi connectivity index (χ0n) is 14.1. The van der Waals surface area contributed by atoms with Crippen molar-refractivity contribution in [2.45, 2.75) is 18.9 Å². The van der Waals surface area contributed by atoms with Crippen LogP contribution in [0.4, 0.5) is 14.5 Å². The van der Waals surface area contributed by atoms with E-state index in [4.69, 9.17) is 0 Å². The van der Waals surface area contributed by atoms with E-state index in [1.54, 1.807) is 0 Å². The lowest BCUT2D eigenvalue weighted by atomic mass is 10.1. The quantitative estimate of drug-likeness (QED) is 0.769. The van der Waals surface area contributed by atoms with Gasteiger partial charge in [-0.15, -0.1) is 0 Å². The predicted octanol–water partition coefficient (Wildman–Crippen LogP) is 3.35. The van der Waals surface area contributed by atoms with E-state index in [2.05, 4.69) is 5.32 Å². The van der Waals surface area contributed by atoms with E-state index in [1.165, 1.54) is 6.07 Å². The lowest BCUT2D eigenvalue weighted by molar-refractivity contribution is -0.116. The second kappa shape index (κ2) is 9.25. The largest absolute Gasteiger partial charge is 0.388 e. The van der Waals surface area contributed by atoms with Crippen LogP contribution in [-0.4, -0.2) is 36.1 Å². The van der Waals surface area contributed by atoms with E-state index in [1.807, 2.05) is 42.3 Å². The molecule has 0 bridgehead atoms. The number of aliphatic hydroxyl groups excluding tert-OH is 1. The van der Waals surface area contributed by atoms with Crippen molar-refractivity contribution in [3.63, 3.8) is 0 Å². The Kier molecular flexibility index (Phi) is 7.03. The van der Waals surface area contributed by atoms with Crippen molar-refractivity contribution < 1.29 is 18.7 Å². The van der Waals surface area contributed by atoms with Gasteiger partial charge in [-0.2, -0.15) is 0 Å². The maximum Gasteiger partial charge on any atom is 0.225 e. The van der Waals surface area contributed by atoms with Crippen LogP contribution in [0, 0.1) is 11.6 Å². The van der Waals surface area contributed by atoms with Gasteiger partial charge in [0.05, 0.1) is 11.8 Å². The number of benzene rings is 2. The Balaban J connectivity index is 1.72. The molecule has 6 heteroatoms. The molecule has 2 rings (SSSR count). The number of halogens is 2. The van der Waals surface area contributed by atoms with Crippen molar-refractivity contribution in [2.24, 2.45) is 0 Å². The van der Waals surface area contributed by atoms with Gasteiger partial charge in [0.25, 0.3) is 0 Å². The van der Waals surface area contributed by atoms with Crippen LogP contribution >= 0.6 is 0 Å². The van der Waals surface area contributed by atoms with E-state index < -0.39 is 17.7 Å². The average molecular weight is 348 g/mol. The third kappa shape index (κ3) is 6.25. The van der Waals surface area contributed by atoms with Crippen LogP contribution in [0.1, 0.15) is 24.5 Å². The van der Waals surface area contributed by atoms with Crippen LogP contribution in [0.5, 0.6) is 0 Å². The molecule has 2 aromatic rings. The Morgan fingerprint density at radius 1 is 1.16 bits per heavy atom. The molecule has 2 aromatic carbocycles. The SMILES string of the molecule is CN(CCC(=O)Nc1ccc(F)cc1F)CC[C@@H](O)c1ccccc1. The van der Waals surface area contributed by atoms with Crippen molar-refractivity contribution in [3.05, 3.63) is 65.7 Å². The molecule has 0 heterocycles. The van der Waals surface area contributed by atoms with Crippen molar-refractivity contribution in [1.29, 1.82) is 0 Å². The molecule has 134 valence electrons. The van der Waals surface area contributed by atoms with Crippen molar-refractivity contribution >= 4 is 11.6 Å². The first-order chi connectivity index (χ1) is 12.0. The molecule has 0 saturated heterocycles. The lowest BCUT2D eigenvalue weighted by Gasteiger charge is -2.19. The normalized spacial score (nSPS) is 12.2. The monoisotopic (exact) mass is 348 g/mol. The fourth-order valence-electron chi connectivity index (χ4n) is 2.39. The van der Waals surface area contributed by atoms with Crippen LogP contribution in [0.25, 0.3) is 0 Å². The average Bonchev–Trinajstić information content (AvgIpc) is 2.61. The molecule has 0 radical (unpaired) electrons. The highest BCUT2D eigenvalue weighted by Crippen LogP contribution is 2.17. The number of carbonyl (C=O) groups is 1. The Hall–Kier alpha value is -2.31. The Labute approximate surface area is 146 Å². The van der Waals surface area contributed by atoms with Crippen LogP contribution in [0.2, 0.25) is 0 Å². The number of carbonyl (C=O) groups excluding carboxylic acids is 1. The molecule has 4 nitrogen and oxygen atoms in total. The van der Waals surface area contributed by atoms with E-state index >= 15 is 0 Å². The predicted molar refractivity (Wildman–Crippen MR) is 93.1 cm³/mol. The minimum atomic E-state index is -0.798. The summed E-state index contributed by atoms with van der Waals surface area (Å²) in [6, 6.07) is 12.4. The van der Waals surface area contributed by atoms with Gasteiger partial charge in [0.15, 0.2) is 0 Å². The molecule has 0 unspecified atom stereocenters. The van der Waals surface area contributed by atoms with Gasteiger partial charge in [-0.3, -0.25) is 4.79 Å². The highest BCUT2D eigenvalue weighted by atomic mass is 19.1. The molecular weight excluding hydrogens is 326 g/mol. The Morgan fingerprint density at radius 3 is 2.56 bits per heavy atom. The molecule has 0 aliphatic heterocycles. The summed E-state index contributed by atoms with van der Waals surface area (Å²) in [4.78, 5) is 13.8.